The van der Waals surface area contributed by atoms with Crippen molar-refractivity contribution in [1.29, 1.82) is 0 Å². The Bertz CT molecular complexity index is 1280. The highest BCUT2D eigenvalue weighted by molar-refractivity contribution is 7.21. The third-order valence-electron chi connectivity index (χ3n) is 6.46. The number of piperazine rings is 2. The summed E-state index contributed by atoms with van der Waals surface area (Å²) in [5.41, 5.74) is 3.04. The minimum Gasteiger partial charge on any atom is -0.338 e. The van der Waals surface area contributed by atoms with Crippen LogP contribution in [0.25, 0.3) is 20.8 Å². The minimum atomic E-state index is 0.573. The van der Waals surface area contributed by atoms with Crippen LogP contribution in [0.4, 0.5) is 23.5 Å². The van der Waals surface area contributed by atoms with Gasteiger partial charge in [-0.1, -0.05) is 24.3 Å². The second-order valence-electron chi connectivity index (χ2n) is 8.98. The van der Waals surface area contributed by atoms with Gasteiger partial charge in [0, 0.05) is 63.6 Å². The molecule has 4 heterocycles. The average molecular weight is 488 g/mol. The van der Waals surface area contributed by atoms with E-state index >= 15 is 0 Å². The van der Waals surface area contributed by atoms with Crippen LogP contribution in [0.5, 0.6) is 0 Å². The second kappa shape index (κ2) is 9.73. The number of likely N-dealkylation sites (N-methyl/N-ethyl adjacent to an activating group) is 1. The van der Waals surface area contributed by atoms with E-state index in [-0.39, 0.29) is 0 Å². The van der Waals surface area contributed by atoms with Crippen molar-refractivity contribution in [3.05, 3.63) is 48.5 Å². The number of hydrogen-bond donors (Lipinski definition) is 2. The van der Waals surface area contributed by atoms with E-state index in [1.165, 1.54) is 4.70 Å². The van der Waals surface area contributed by atoms with E-state index in [1.54, 1.807) is 11.3 Å². The van der Waals surface area contributed by atoms with Crippen LogP contribution >= 0.6 is 11.3 Å². The van der Waals surface area contributed by atoms with Crippen molar-refractivity contribution in [2.45, 2.75) is 0 Å². The predicted molar refractivity (Wildman–Crippen MR) is 143 cm³/mol. The average Bonchev–Trinajstić information content (AvgIpc) is 3.34. The number of nitrogens with one attached hydrogen (secondary N) is 2. The van der Waals surface area contributed by atoms with Crippen LogP contribution in [0, 0.1) is 0 Å². The van der Waals surface area contributed by atoms with Gasteiger partial charge in [-0.2, -0.15) is 15.0 Å². The molecule has 4 aromatic rings. The highest BCUT2D eigenvalue weighted by atomic mass is 32.1. The number of anilines is 4. The summed E-state index contributed by atoms with van der Waals surface area (Å²) in [6.45, 7) is 7.47. The van der Waals surface area contributed by atoms with Crippen molar-refractivity contribution in [1.82, 2.24) is 30.2 Å². The molecule has 2 N–H and O–H groups in total. The smallest absolute Gasteiger partial charge is 0.233 e. The number of para-hydroxylation sites is 1. The summed E-state index contributed by atoms with van der Waals surface area (Å²) in [5, 5.41) is 7.86. The van der Waals surface area contributed by atoms with E-state index < -0.39 is 0 Å². The molecule has 2 saturated heterocycles. The SMILES string of the molecule is CN1CCN(c2nc(Nc3cccc(-c4nc5ccccc5s4)c3)nc(N3CCNCC3)n2)CC1. The van der Waals surface area contributed by atoms with Gasteiger partial charge in [0.25, 0.3) is 0 Å². The summed E-state index contributed by atoms with van der Waals surface area (Å²) in [4.78, 5) is 26.2. The molecule has 2 aliphatic heterocycles. The first-order valence-corrected chi connectivity index (χ1v) is 12.9. The number of benzene rings is 2. The summed E-state index contributed by atoms with van der Waals surface area (Å²) in [5.74, 6) is 2.05. The van der Waals surface area contributed by atoms with Gasteiger partial charge in [0.15, 0.2) is 0 Å². The molecule has 0 aliphatic carbocycles. The van der Waals surface area contributed by atoms with Crippen molar-refractivity contribution in [2.75, 3.05) is 74.5 Å². The Labute approximate surface area is 208 Å². The summed E-state index contributed by atoms with van der Waals surface area (Å²) in [6, 6.07) is 16.5. The van der Waals surface area contributed by atoms with E-state index in [0.717, 1.165) is 86.0 Å². The zero-order valence-corrected chi connectivity index (χ0v) is 20.6. The Hall–Kier alpha value is -3.34. The lowest BCUT2D eigenvalue weighted by atomic mass is 10.2. The lowest BCUT2D eigenvalue weighted by Gasteiger charge is -2.33. The maximum Gasteiger partial charge on any atom is 0.233 e. The molecule has 0 atom stereocenters. The molecular weight excluding hydrogens is 458 g/mol. The molecule has 2 aliphatic rings. The lowest BCUT2D eigenvalue weighted by molar-refractivity contribution is 0.311. The van der Waals surface area contributed by atoms with Crippen LogP contribution in [0.15, 0.2) is 48.5 Å². The van der Waals surface area contributed by atoms with Gasteiger partial charge in [-0.25, -0.2) is 4.98 Å². The quantitative estimate of drug-likeness (QED) is 0.441. The topological polar surface area (TPSA) is 85.3 Å². The monoisotopic (exact) mass is 487 g/mol. The molecule has 0 saturated carbocycles. The van der Waals surface area contributed by atoms with Crippen molar-refractivity contribution >= 4 is 45.1 Å². The van der Waals surface area contributed by atoms with Crippen molar-refractivity contribution in [2.24, 2.45) is 0 Å². The number of thiazole rings is 1. The van der Waals surface area contributed by atoms with Crippen LogP contribution in [-0.2, 0) is 0 Å². The van der Waals surface area contributed by atoms with Crippen molar-refractivity contribution in [3.8, 4) is 10.6 Å². The summed E-state index contributed by atoms with van der Waals surface area (Å²) in [6.07, 6.45) is 0. The molecule has 6 rings (SSSR count). The van der Waals surface area contributed by atoms with E-state index in [9.17, 15) is 0 Å². The summed E-state index contributed by atoms with van der Waals surface area (Å²) < 4.78 is 1.19. The third kappa shape index (κ3) is 4.90. The molecule has 9 nitrogen and oxygen atoms in total. The first-order valence-electron chi connectivity index (χ1n) is 12.1. The first-order chi connectivity index (χ1) is 17.2. The maximum atomic E-state index is 4.87. The standard InChI is InChI=1S/C25H29N9S/c1-32-13-15-34(16-14-32)25-30-23(29-24(31-25)33-11-9-26-10-12-33)27-19-6-4-5-18(17-19)22-28-20-7-2-3-8-21(20)35-22/h2-8,17,26H,9-16H2,1H3,(H,27,29,30,31). The van der Waals surface area contributed by atoms with Gasteiger partial charge in [0.05, 0.1) is 10.2 Å². The van der Waals surface area contributed by atoms with E-state index in [4.69, 9.17) is 19.9 Å². The normalized spacial score (nSPS) is 17.2. The fraction of sp³-hybridized carbons (Fsp3) is 0.360. The molecule has 180 valence electrons. The van der Waals surface area contributed by atoms with Crippen LogP contribution in [-0.4, -0.2) is 84.2 Å². The van der Waals surface area contributed by atoms with Gasteiger partial charge >= 0.3 is 0 Å². The van der Waals surface area contributed by atoms with Crippen LogP contribution in [0.2, 0.25) is 0 Å². The summed E-state index contributed by atoms with van der Waals surface area (Å²) >= 11 is 1.70. The molecule has 2 aromatic carbocycles. The number of nitrogens with zero attached hydrogens (tertiary/aromatic N) is 7. The van der Waals surface area contributed by atoms with E-state index in [0.29, 0.717) is 5.95 Å². The Morgan fingerprint density at radius 3 is 2.31 bits per heavy atom. The van der Waals surface area contributed by atoms with E-state index in [2.05, 4.69) is 62.7 Å². The van der Waals surface area contributed by atoms with Gasteiger partial charge in [0.1, 0.15) is 5.01 Å². The Morgan fingerprint density at radius 1 is 0.800 bits per heavy atom. The second-order valence-corrected chi connectivity index (χ2v) is 10.0. The molecular formula is C25H29N9S. The predicted octanol–water partition coefficient (Wildman–Crippen LogP) is 3.05. The molecule has 0 spiro atoms. The third-order valence-corrected chi connectivity index (χ3v) is 7.54. The Morgan fingerprint density at radius 2 is 1.54 bits per heavy atom. The largest absolute Gasteiger partial charge is 0.338 e. The highest BCUT2D eigenvalue weighted by Gasteiger charge is 2.21. The zero-order valence-electron chi connectivity index (χ0n) is 19.8. The van der Waals surface area contributed by atoms with Crippen LogP contribution in [0.1, 0.15) is 0 Å². The Balaban J connectivity index is 1.30. The molecule has 2 aromatic heterocycles. The maximum absolute atomic E-state index is 4.87. The van der Waals surface area contributed by atoms with Gasteiger partial charge in [-0.3, -0.25) is 0 Å². The van der Waals surface area contributed by atoms with Gasteiger partial charge < -0.3 is 25.3 Å². The number of fused-ring (bicyclic) bond motifs is 1. The van der Waals surface area contributed by atoms with Crippen molar-refractivity contribution in [3.63, 3.8) is 0 Å². The van der Waals surface area contributed by atoms with E-state index in [1.807, 2.05) is 18.2 Å². The molecule has 0 unspecified atom stereocenters. The molecule has 0 radical (unpaired) electrons. The van der Waals surface area contributed by atoms with Crippen molar-refractivity contribution < 1.29 is 0 Å². The summed E-state index contributed by atoms with van der Waals surface area (Å²) in [7, 11) is 2.16. The number of hydrogen-bond acceptors (Lipinski definition) is 10. The molecule has 0 amide bonds. The van der Waals surface area contributed by atoms with Crippen LogP contribution in [0.3, 0.4) is 0 Å². The highest BCUT2D eigenvalue weighted by Crippen LogP contribution is 2.32. The minimum absolute atomic E-state index is 0.573. The molecule has 10 heteroatoms. The fourth-order valence-electron chi connectivity index (χ4n) is 4.42. The molecule has 2 fully saturated rings. The lowest BCUT2D eigenvalue weighted by Crippen LogP contribution is -2.46. The van der Waals surface area contributed by atoms with Gasteiger partial charge in [0.2, 0.25) is 17.8 Å². The zero-order chi connectivity index (χ0) is 23.6. The first kappa shape index (κ1) is 22.1. The van der Waals surface area contributed by atoms with Crippen LogP contribution < -0.4 is 20.4 Å². The number of aromatic nitrogens is 4. The fourth-order valence-corrected chi connectivity index (χ4v) is 5.38. The number of rotatable bonds is 5. The molecule has 0 bridgehead atoms. The molecule has 35 heavy (non-hydrogen) atoms. The van der Waals surface area contributed by atoms with Gasteiger partial charge in [-0.05, 0) is 31.3 Å². The Kier molecular flexibility index (Phi) is 6.15. The van der Waals surface area contributed by atoms with Gasteiger partial charge in [-0.15, -0.1) is 11.3 Å².